The SMILES string of the molecule is CCCCC(Cl)(B([O-])[O-])C(CCCC)(CCCC)C(CCCC)(CC(Cl)(Cl)Cl)B([O-])[O-]. The monoisotopic (exact) mass is 516 g/mol. The summed E-state index contributed by atoms with van der Waals surface area (Å²) in [6, 6.07) is 0. The maximum absolute atomic E-state index is 13.1. The topological polar surface area (TPSA) is 92.2 Å². The molecule has 0 aliphatic rings. The molecule has 0 fully saturated rings. The van der Waals surface area contributed by atoms with Crippen LogP contribution in [0.4, 0.5) is 0 Å². The number of alkyl halides is 4. The molecule has 0 aliphatic carbocycles. The first kappa shape index (κ1) is 32.1. The van der Waals surface area contributed by atoms with E-state index in [1.54, 1.807) is 0 Å². The summed E-state index contributed by atoms with van der Waals surface area (Å²) in [6.07, 6.45) is 5.94. The lowest BCUT2D eigenvalue weighted by atomic mass is 9.33. The highest BCUT2D eigenvalue weighted by atomic mass is 35.6. The van der Waals surface area contributed by atoms with Gasteiger partial charge in [0.2, 0.25) is 0 Å². The second-order valence-corrected chi connectivity index (χ2v) is 12.2. The molecule has 0 aromatic carbocycles. The van der Waals surface area contributed by atoms with Gasteiger partial charge in [-0.25, -0.2) is 0 Å². The Kier molecular flexibility index (Phi) is 15.0. The summed E-state index contributed by atoms with van der Waals surface area (Å²) >= 11 is 25.7. The molecule has 0 amide bonds. The molecule has 0 bridgehead atoms. The molecule has 0 aliphatic heterocycles. The lowest BCUT2D eigenvalue weighted by Crippen LogP contribution is -2.74. The first-order chi connectivity index (χ1) is 14.3. The van der Waals surface area contributed by atoms with E-state index in [4.69, 9.17) is 46.4 Å². The molecule has 0 aromatic heterocycles. The van der Waals surface area contributed by atoms with E-state index in [2.05, 4.69) is 0 Å². The lowest BCUT2D eigenvalue weighted by molar-refractivity contribution is -0.368. The van der Waals surface area contributed by atoms with Crippen molar-refractivity contribution in [2.45, 2.75) is 125 Å². The van der Waals surface area contributed by atoms with Crippen molar-refractivity contribution in [3.63, 3.8) is 0 Å². The van der Waals surface area contributed by atoms with Gasteiger partial charge in [-0.2, -0.15) is 0 Å². The van der Waals surface area contributed by atoms with Crippen molar-refractivity contribution in [1.82, 2.24) is 0 Å². The van der Waals surface area contributed by atoms with Gasteiger partial charge in [-0.15, -0.1) is 18.7 Å². The molecule has 0 rings (SSSR count). The quantitative estimate of drug-likeness (QED) is 0.214. The number of unbranched alkanes of at least 4 members (excludes halogenated alkanes) is 4. The van der Waals surface area contributed by atoms with Gasteiger partial charge in [0.25, 0.3) is 0 Å². The average molecular weight is 518 g/mol. The minimum absolute atomic E-state index is 0.136. The highest BCUT2D eigenvalue weighted by Crippen LogP contribution is 2.68. The molecule has 0 N–H and O–H groups in total. The molecule has 0 saturated carbocycles. The summed E-state index contributed by atoms with van der Waals surface area (Å²) in [4.78, 5) is 0. The molecule has 0 heterocycles. The zero-order valence-corrected chi connectivity index (χ0v) is 22.5. The number of halogens is 4. The molecule has 4 nitrogen and oxygen atoms in total. The third-order valence-electron chi connectivity index (χ3n) is 6.87. The molecule has 2 atom stereocenters. The third kappa shape index (κ3) is 8.09. The van der Waals surface area contributed by atoms with Crippen molar-refractivity contribution in [3.05, 3.63) is 0 Å². The summed E-state index contributed by atoms with van der Waals surface area (Å²) < 4.78 is -3.70. The fourth-order valence-corrected chi connectivity index (χ4v) is 6.43. The molecule has 0 aromatic rings. The van der Waals surface area contributed by atoms with E-state index < -0.39 is 33.5 Å². The van der Waals surface area contributed by atoms with Crippen LogP contribution in [0.5, 0.6) is 0 Å². The second kappa shape index (κ2) is 14.5. The number of hydrogen-bond donors (Lipinski definition) is 0. The number of hydrogen-bond acceptors (Lipinski definition) is 4. The zero-order chi connectivity index (χ0) is 24.3. The summed E-state index contributed by atoms with van der Waals surface area (Å²) in [5, 5.41) is 50.0. The van der Waals surface area contributed by atoms with Gasteiger partial charge in [-0.05, 0) is 35.9 Å². The van der Waals surface area contributed by atoms with Crippen molar-refractivity contribution < 1.29 is 20.1 Å². The van der Waals surface area contributed by atoms with Crippen LogP contribution in [0.1, 0.15) is 111 Å². The van der Waals surface area contributed by atoms with Crippen LogP contribution >= 0.6 is 46.4 Å². The molecule has 2 unspecified atom stereocenters. The molecular weight excluding hydrogens is 480 g/mol. The molecule has 0 saturated heterocycles. The van der Waals surface area contributed by atoms with E-state index in [0.29, 0.717) is 44.9 Å². The number of rotatable bonds is 17. The second-order valence-electron chi connectivity index (χ2n) is 8.97. The Morgan fingerprint density at radius 1 is 0.581 bits per heavy atom. The Labute approximate surface area is 210 Å². The van der Waals surface area contributed by atoms with Gasteiger partial charge in [0.1, 0.15) is 0 Å². The van der Waals surface area contributed by atoms with Crippen LogP contribution < -0.4 is 20.1 Å². The van der Waals surface area contributed by atoms with Crippen molar-refractivity contribution in [2.24, 2.45) is 5.41 Å². The zero-order valence-electron chi connectivity index (χ0n) is 19.5. The van der Waals surface area contributed by atoms with Gasteiger partial charge in [0.05, 0.1) is 0 Å². The summed E-state index contributed by atoms with van der Waals surface area (Å²) in [7, 11) is -4.80. The van der Waals surface area contributed by atoms with Crippen LogP contribution in [0.2, 0.25) is 5.31 Å². The minimum atomic E-state index is -2.41. The standard InChI is InChI=1S/C21H38B2Cl4O4/c1-5-9-13-18(14-10-6-2,20(24,23(30)31)16-12-8-4)19(22(28)29,15-11-7-3)17-21(25,26)27/h5-17H2,1-4H3/q-4. The highest BCUT2D eigenvalue weighted by Gasteiger charge is 2.58. The maximum atomic E-state index is 13.1. The molecule has 31 heavy (non-hydrogen) atoms. The predicted octanol–water partition coefficient (Wildman–Crippen LogP) is 4.17. The molecule has 0 radical (unpaired) electrons. The van der Waals surface area contributed by atoms with Gasteiger partial charge in [0.15, 0.2) is 3.79 Å². The Morgan fingerprint density at radius 2 is 0.968 bits per heavy atom. The Hall–Kier alpha value is 1.13. The molecule has 184 valence electrons. The minimum Gasteiger partial charge on any atom is -0.893 e. The van der Waals surface area contributed by atoms with Crippen LogP contribution in [0.15, 0.2) is 0 Å². The fraction of sp³-hybridized carbons (Fsp3) is 1.00. The average Bonchev–Trinajstić information content (AvgIpc) is 2.68. The van der Waals surface area contributed by atoms with E-state index >= 15 is 0 Å². The van der Waals surface area contributed by atoms with Crippen molar-refractivity contribution in [1.29, 1.82) is 0 Å². The van der Waals surface area contributed by atoms with E-state index in [0.717, 1.165) is 19.3 Å². The third-order valence-corrected chi connectivity index (χ3v) is 8.00. The first-order valence-corrected chi connectivity index (χ1v) is 13.2. The lowest BCUT2D eigenvalue weighted by Gasteiger charge is -2.71. The van der Waals surface area contributed by atoms with Gasteiger partial charge in [-0.1, -0.05) is 133 Å². The maximum Gasteiger partial charge on any atom is 0.190 e. The van der Waals surface area contributed by atoms with Gasteiger partial charge >= 0.3 is 0 Å². The summed E-state index contributed by atoms with van der Waals surface area (Å²) in [5.74, 6) is 0. The van der Waals surface area contributed by atoms with Gasteiger partial charge in [0, 0.05) is 0 Å². The Balaban J connectivity index is 7.21. The largest absolute Gasteiger partial charge is 0.893 e. The Morgan fingerprint density at radius 3 is 1.29 bits per heavy atom. The normalized spacial score (nSPS) is 16.6. The highest BCUT2D eigenvalue weighted by molar-refractivity contribution is 6.68. The van der Waals surface area contributed by atoms with Crippen LogP contribution in [-0.4, -0.2) is 22.8 Å². The fourth-order valence-electron chi connectivity index (χ4n) is 5.20. The summed E-state index contributed by atoms with van der Waals surface area (Å²) in [6.45, 7) is 7.84. The van der Waals surface area contributed by atoms with Gasteiger partial charge < -0.3 is 20.1 Å². The van der Waals surface area contributed by atoms with E-state index in [-0.39, 0.29) is 19.3 Å². The predicted molar refractivity (Wildman–Crippen MR) is 128 cm³/mol. The van der Waals surface area contributed by atoms with Crippen LogP contribution in [0.25, 0.3) is 0 Å². The molecule has 10 heteroatoms. The van der Waals surface area contributed by atoms with Crippen molar-refractivity contribution in [3.8, 4) is 0 Å². The summed E-state index contributed by atoms with van der Waals surface area (Å²) in [5.41, 5.74) is -1.32. The first-order valence-electron chi connectivity index (χ1n) is 11.7. The van der Waals surface area contributed by atoms with Crippen LogP contribution in [0.3, 0.4) is 0 Å². The Bertz CT molecular complexity index is 486. The van der Waals surface area contributed by atoms with Crippen molar-refractivity contribution >= 4 is 60.6 Å². The molecule has 0 spiro atoms. The van der Waals surface area contributed by atoms with Gasteiger partial charge in [-0.3, -0.25) is 0 Å². The van der Waals surface area contributed by atoms with E-state index in [1.807, 2.05) is 27.7 Å². The van der Waals surface area contributed by atoms with Crippen LogP contribution in [0, 0.1) is 5.41 Å². The van der Waals surface area contributed by atoms with Crippen LogP contribution in [-0.2, 0) is 0 Å². The van der Waals surface area contributed by atoms with E-state index in [9.17, 15) is 20.1 Å². The molecular formula is C21H38B2Cl4O4-4. The smallest absolute Gasteiger partial charge is 0.190 e. The van der Waals surface area contributed by atoms with Crippen molar-refractivity contribution in [2.75, 3.05) is 0 Å². The van der Waals surface area contributed by atoms with E-state index in [1.165, 1.54) is 0 Å².